The summed E-state index contributed by atoms with van der Waals surface area (Å²) in [5.41, 5.74) is -1.72. The molecule has 0 unspecified atom stereocenters. The molecule has 2 N–H and O–H groups in total. The van der Waals surface area contributed by atoms with Gasteiger partial charge in [0.2, 0.25) is 0 Å². The molecule has 0 aliphatic heterocycles. The summed E-state index contributed by atoms with van der Waals surface area (Å²) in [7, 11) is -3.87. The van der Waals surface area contributed by atoms with E-state index < -0.39 is 27.1 Å². The zero-order chi connectivity index (χ0) is 18.0. The van der Waals surface area contributed by atoms with Crippen molar-refractivity contribution in [1.82, 2.24) is 0 Å². The Kier molecular flexibility index (Phi) is 5.55. The first kappa shape index (κ1) is 18.7. The zero-order valence-electron chi connectivity index (χ0n) is 12.7. The Hall–Kier alpha value is -1.60. The maximum Gasteiger partial charge on any atom is 0.257 e. The van der Waals surface area contributed by atoms with Gasteiger partial charge in [-0.2, -0.15) is 0 Å². The third kappa shape index (κ3) is 4.70. The molecule has 0 heterocycles. The van der Waals surface area contributed by atoms with E-state index in [0.29, 0.717) is 15.7 Å². The maximum atomic E-state index is 12.4. The first-order valence-corrected chi connectivity index (χ1v) is 9.29. The second-order valence-electron chi connectivity index (χ2n) is 5.45. The molecule has 2 aromatic rings. The lowest BCUT2D eigenvalue weighted by molar-refractivity contribution is -0.130. The SMILES string of the molecule is C[C@@](O)(CS(=O)(=O)c1ccc(Cl)cc1)C(=O)Nc1ccc(Cl)cc1. The Morgan fingerprint density at radius 2 is 1.50 bits per heavy atom. The van der Waals surface area contributed by atoms with Crippen molar-refractivity contribution in [3.63, 3.8) is 0 Å². The van der Waals surface area contributed by atoms with Crippen molar-refractivity contribution >= 4 is 44.6 Å². The second kappa shape index (κ2) is 7.11. The van der Waals surface area contributed by atoms with E-state index in [1.165, 1.54) is 24.3 Å². The number of carbonyl (C=O) groups is 1. The van der Waals surface area contributed by atoms with Crippen molar-refractivity contribution in [2.24, 2.45) is 0 Å². The van der Waals surface area contributed by atoms with E-state index in [-0.39, 0.29) is 4.90 Å². The molecule has 128 valence electrons. The summed E-state index contributed by atoms with van der Waals surface area (Å²) in [6, 6.07) is 11.7. The number of benzene rings is 2. The van der Waals surface area contributed by atoms with E-state index in [1.807, 2.05) is 0 Å². The molecular weight excluding hydrogens is 373 g/mol. The van der Waals surface area contributed by atoms with E-state index in [4.69, 9.17) is 23.2 Å². The third-order valence-electron chi connectivity index (χ3n) is 3.24. The number of amides is 1. The molecule has 5 nitrogen and oxygen atoms in total. The number of halogens is 2. The Bertz CT molecular complexity index is 831. The highest BCUT2D eigenvalue weighted by atomic mass is 35.5. The molecule has 2 aromatic carbocycles. The van der Waals surface area contributed by atoms with Crippen LogP contribution in [0.2, 0.25) is 10.0 Å². The van der Waals surface area contributed by atoms with Gasteiger partial charge in [-0.1, -0.05) is 23.2 Å². The molecule has 0 radical (unpaired) electrons. The lowest BCUT2D eigenvalue weighted by Gasteiger charge is -2.22. The molecule has 0 saturated heterocycles. The number of nitrogens with one attached hydrogen (secondary N) is 1. The van der Waals surface area contributed by atoms with Gasteiger partial charge < -0.3 is 10.4 Å². The van der Waals surface area contributed by atoms with Crippen LogP contribution in [0.25, 0.3) is 0 Å². The Balaban J connectivity index is 2.15. The van der Waals surface area contributed by atoms with Gasteiger partial charge in [0.1, 0.15) is 0 Å². The lowest BCUT2D eigenvalue weighted by Crippen LogP contribution is -2.45. The molecule has 1 amide bonds. The lowest BCUT2D eigenvalue weighted by atomic mass is 10.1. The fourth-order valence-electron chi connectivity index (χ4n) is 1.96. The van der Waals surface area contributed by atoms with E-state index >= 15 is 0 Å². The largest absolute Gasteiger partial charge is 0.379 e. The van der Waals surface area contributed by atoms with Crippen molar-refractivity contribution in [2.75, 3.05) is 11.1 Å². The maximum absolute atomic E-state index is 12.4. The van der Waals surface area contributed by atoms with Crippen LogP contribution in [0.5, 0.6) is 0 Å². The van der Waals surface area contributed by atoms with Crippen molar-refractivity contribution in [3.8, 4) is 0 Å². The molecule has 0 spiro atoms. The Morgan fingerprint density at radius 3 is 2.00 bits per heavy atom. The van der Waals surface area contributed by atoms with E-state index in [0.717, 1.165) is 6.92 Å². The van der Waals surface area contributed by atoms with E-state index in [1.54, 1.807) is 24.3 Å². The van der Waals surface area contributed by atoms with E-state index in [2.05, 4.69) is 5.32 Å². The van der Waals surface area contributed by atoms with Crippen LogP contribution in [-0.4, -0.2) is 30.8 Å². The third-order valence-corrected chi connectivity index (χ3v) is 5.67. The quantitative estimate of drug-likeness (QED) is 0.824. The minimum Gasteiger partial charge on any atom is -0.379 e. The van der Waals surface area contributed by atoms with Gasteiger partial charge in [-0.3, -0.25) is 4.79 Å². The molecule has 0 saturated carbocycles. The molecule has 0 aromatic heterocycles. The van der Waals surface area contributed by atoms with Gasteiger partial charge in [0, 0.05) is 15.7 Å². The fraction of sp³-hybridized carbons (Fsp3) is 0.188. The molecule has 0 aliphatic carbocycles. The Labute approximate surface area is 150 Å². The number of sulfone groups is 1. The average Bonchev–Trinajstić information content (AvgIpc) is 2.49. The van der Waals surface area contributed by atoms with Crippen LogP contribution in [0.1, 0.15) is 6.92 Å². The highest BCUT2D eigenvalue weighted by Gasteiger charge is 2.36. The summed E-state index contributed by atoms with van der Waals surface area (Å²) in [6.07, 6.45) is 0. The number of aliphatic hydroxyl groups is 1. The van der Waals surface area contributed by atoms with E-state index in [9.17, 15) is 18.3 Å². The summed E-state index contributed by atoms with van der Waals surface area (Å²) >= 11 is 11.5. The van der Waals surface area contributed by atoms with Crippen LogP contribution >= 0.6 is 23.2 Å². The predicted molar refractivity (Wildman–Crippen MR) is 94.2 cm³/mol. The average molecular weight is 388 g/mol. The molecule has 0 bridgehead atoms. The van der Waals surface area contributed by atoms with Gasteiger partial charge in [0.25, 0.3) is 5.91 Å². The highest BCUT2D eigenvalue weighted by Crippen LogP contribution is 2.21. The summed E-state index contributed by atoms with van der Waals surface area (Å²) in [5.74, 6) is -1.59. The van der Waals surface area contributed by atoms with Crippen LogP contribution in [-0.2, 0) is 14.6 Å². The van der Waals surface area contributed by atoms with Gasteiger partial charge in [-0.15, -0.1) is 0 Å². The van der Waals surface area contributed by atoms with Crippen molar-refractivity contribution in [2.45, 2.75) is 17.4 Å². The minimum absolute atomic E-state index is 0.0218. The zero-order valence-corrected chi connectivity index (χ0v) is 15.0. The smallest absolute Gasteiger partial charge is 0.257 e. The van der Waals surface area contributed by atoms with Gasteiger partial charge in [0.05, 0.1) is 10.6 Å². The first-order valence-electron chi connectivity index (χ1n) is 6.88. The molecule has 24 heavy (non-hydrogen) atoms. The van der Waals surface area contributed by atoms with Crippen molar-refractivity contribution in [3.05, 3.63) is 58.6 Å². The topological polar surface area (TPSA) is 83.5 Å². The standard InChI is InChI=1S/C16H15Cl2NO4S/c1-16(21,15(20)19-13-6-2-11(17)3-7-13)10-24(22,23)14-8-4-12(18)5-9-14/h2-9,21H,10H2,1H3,(H,19,20)/t16-/m1/s1. The van der Waals surface area contributed by atoms with Gasteiger partial charge in [-0.25, -0.2) is 8.42 Å². The monoisotopic (exact) mass is 387 g/mol. The van der Waals surface area contributed by atoms with Crippen molar-refractivity contribution in [1.29, 1.82) is 0 Å². The summed E-state index contributed by atoms with van der Waals surface area (Å²) in [5, 5.41) is 13.6. The number of rotatable bonds is 5. The van der Waals surface area contributed by atoms with Crippen LogP contribution in [0.15, 0.2) is 53.4 Å². The van der Waals surface area contributed by atoms with Crippen LogP contribution in [0.3, 0.4) is 0 Å². The van der Waals surface area contributed by atoms with Gasteiger partial charge in [-0.05, 0) is 55.5 Å². The predicted octanol–water partition coefficient (Wildman–Crippen LogP) is 3.16. The van der Waals surface area contributed by atoms with Crippen LogP contribution in [0.4, 0.5) is 5.69 Å². The fourth-order valence-corrected chi connectivity index (χ4v) is 3.80. The number of anilines is 1. The molecule has 2 rings (SSSR count). The molecular formula is C16H15Cl2NO4S. The first-order chi connectivity index (χ1) is 11.1. The Morgan fingerprint density at radius 1 is 1.04 bits per heavy atom. The highest BCUT2D eigenvalue weighted by molar-refractivity contribution is 7.91. The van der Waals surface area contributed by atoms with Gasteiger partial charge >= 0.3 is 0 Å². The molecule has 0 fully saturated rings. The molecule has 1 atom stereocenters. The van der Waals surface area contributed by atoms with Crippen molar-refractivity contribution < 1.29 is 18.3 Å². The minimum atomic E-state index is -3.87. The summed E-state index contributed by atoms with van der Waals surface area (Å²) in [6.45, 7) is 1.14. The number of carbonyl (C=O) groups excluding carboxylic acids is 1. The normalized spacial score (nSPS) is 14.0. The molecule has 8 heteroatoms. The second-order valence-corrected chi connectivity index (χ2v) is 8.31. The van der Waals surface area contributed by atoms with Gasteiger partial charge in [0.15, 0.2) is 15.4 Å². The van der Waals surface area contributed by atoms with Crippen LogP contribution < -0.4 is 5.32 Å². The molecule has 0 aliphatic rings. The summed E-state index contributed by atoms with van der Waals surface area (Å²) < 4.78 is 24.7. The van der Waals surface area contributed by atoms with Crippen LogP contribution in [0, 0.1) is 0 Å². The number of hydrogen-bond donors (Lipinski definition) is 2. The number of hydrogen-bond acceptors (Lipinski definition) is 4. The summed E-state index contributed by atoms with van der Waals surface area (Å²) in [4.78, 5) is 12.2.